The molecule has 112 valence electrons. The maximum absolute atomic E-state index is 6.13. The molecule has 1 heterocycles. The molecule has 2 rings (SSSR count). The highest BCUT2D eigenvalue weighted by Crippen LogP contribution is 2.28. The Balaban J connectivity index is 2.08. The second kappa shape index (κ2) is 7.72. The van der Waals surface area contributed by atoms with Gasteiger partial charge in [-0.3, -0.25) is 0 Å². The highest BCUT2D eigenvalue weighted by atomic mass is 32.2. The lowest BCUT2D eigenvalue weighted by Crippen LogP contribution is -2.28. The molecule has 4 nitrogen and oxygen atoms in total. The molecular formula is C15H25N3OS. The average Bonchev–Trinajstić information content (AvgIpc) is 2.47. The number of rotatable bonds is 6. The Morgan fingerprint density at radius 1 is 1.35 bits per heavy atom. The smallest absolute Gasteiger partial charge is 0.219 e. The van der Waals surface area contributed by atoms with E-state index >= 15 is 0 Å². The third-order valence-electron chi connectivity index (χ3n) is 3.73. The standard InChI is InChI=1S/C15H25N3OS/c1-4-9-16-13-10-14(18-15(17-13)20-3)19-12-8-6-5-7-11(12)2/h10-12H,4-9H2,1-3H3,(H,16,17,18). The van der Waals surface area contributed by atoms with Crippen molar-refractivity contribution in [3.8, 4) is 5.88 Å². The number of hydrogen-bond donors (Lipinski definition) is 1. The predicted octanol–water partition coefficient (Wildman–Crippen LogP) is 3.98. The fraction of sp³-hybridized carbons (Fsp3) is 0.733. The Morgan fingerprint density at radius 2 is 2.15 bits per heavy atom. The molecule has 1 aliphatic rings. The summed E-state index contributed by atoms with van der Waals surface area (Å²) in [4.78, 5) is 8.94. The number of ether oxygens (including phenoxy) is 1. The van der Waals surface area contributed by atoms with Crippen LogP contribution in [0, 0.1) is 5.92 Å². The van der Waals surface area contributed by atoms with E-state index in [9.17, 15) is 0 Å². The van der Waals surface area contributed by atoms with E-state index < -0.39 is 0 Å². The molecule has 0 aliphatic heterocycles. The zero-order chi connectivity index (χ0) is 14.4. The molecule has 1 aromatic heterocycles. The van der Waals surface area contributed by atoms with Crippen LogP contribution >= 0.6 is 11.8 Å². The first-order valence-corrected chi connectivity index (χ1v) is 8.79. The van der Waals surface area contributed by atoms with E-state index in [0.717, 1.165) is 30.4 Å². The minimum absolute atomic E-state index is 0.299. The summed E-state index contributed by atoms with van der Waals surface area (Å²) in [6.07, 6.45) is 8.34. The van der Waals surface area contributed by atoms with E-state index in [1.807, 2.05) is 12.3 Å². The van der Waals surface area contributed by atoms with E-state index in [2.05, 4.69) is 29.1 Å². The van der Waals surface area contributed by atoms with Crippen LogP contribution in [0.2, 0.25) is 0 Å². The van der Waals surface area contributed by atoms with Crippen LogP contribution in [0.25, 0.3) is 0 Å². The van der Waals surface area contributed by atoms with Gasteiger partial charge in [-0.1, -0.05) is 32.0 Å². The van der Waals surface area contributed by atoms with Crippen molar-refractivity contribution < 1.29 is 4.74 Å². The number of anilines is 1. The van der Waals surface area contributed by atoms with Crippen LogP contribution in [0.4, 0.5) is 5.82 Å². The maximum atomic E-state index is 6.13. The fourth-order valence-corrected chi connectivity index (χ4v) is 2.88. The summed E-state index contributed by atoms with van der Waals surface area (Å²) in [5.41, 5.74) is 0. The highest BCUT2D eigenvalue weighted by molar-refractivity contribution is 7.98. The lowest BCUT2D eigenvalue weighted by molar-refractivity contribution is 0.0967. The zero-order valence-corrected chi connectivity index (χ0v) is 13.5. The minimum atomic E-state index is 0.299. The topological polar surface area (TPSA) is 47.0 Å². The number of thioether (sulfide) groups is 1. The van der Waals surface area contributed by atoms with E-state index in [1.54, 1.807) is 11.8 Å². The van der Waals surface area contributed by atoms with Crippen LogP contribution in [-0.4, -0.2) is 28.9 Å². The van der Waals surface area contributed by atoms with Gasteiger partial charge in [-0.15, -0.1) is 0 Å². The first-order valence-electron chi connectivity index (χ1n) is 7.56. The second-order valence-corrected chi connectivity index (χ2v) is 6.20. The van der Waals surface area contributed by atoms with Gasteiger partial charge in [-0.25, -0.2) is 4.98 Å². The Kier molecular flexibility index (Phi) is 5.95. The predicted molar refractivity (Wildman–Crippen MR) is 84.6 cm³/mol. The molecule has 1 fully saturated rings. The van der Waals surface area contributed by atoms with Crippen LogP contribution in [0.1, 0.15) is 46.0 Å². The minimum Gasteiger partial charge on any atom is -0.474 e. The van der Waals surface area contributed by atoms with Gasteiger partial charge in [0.1, 0.15) is 11.9 Å². The summed E-state index contributed by atoms with van der Waals surface area (Å²) in [5, 5.41) is 4.08. The highest BCUT2D eigenvalue weighted by Gasteiger charge is 2.23. The van der Waals surface area contributed by atoms with Crippen LogP contribution in [0.15, 0.2) is 11.2 Å². The lowest BCUT2D eigenvalue weighted by atomic mass is 9.88. The Hall–Kier alpha value is -0.970. The molecule has 0 spiro atoms. The van der Waals surface area contributed by atoms with Crippen molar-refractivity contribution in [2.75, 3.05) is 18.1 Å². The quantitative estimate of drug-likeness (QED) is 0.635. The Labute approximate surface area is 126 Å². The zero-order valence-electron chi connectivity index (χ0n) is 12.7. The van der Waals surface area contributed by atoms with Crippen molar-refractivity contribution in [1.29, 1.82) is 0 Å². The van der Waals surface area contributed by atoms with Gasteiger partial charge < -0.3 is 10.1 Å². The van der Waals surface area contributed by atoms with Crippen molar-refractivity contribution in [3.63, 3.8) is 0 Å². The van der Waals surface area contributed by atoms with Crippen molar-refractivity contribution in [1.82, 2.24) is 9.97 Å². The van der Waals surface area contributed by atoms with E-state index in [1.165, 1.54) is 19.3 Å². The van der Waals surface area contributed by atoms with Gasteiger partial charge in [-0.05, 0) is 37.9 Å². The molecule has 0 aromatic carbocycles. The fourth-order valence-electron chi connectivity index (χ4n) is 2.51. The van der Waals surface area contributed by atoms with Crippen LogP contribution < -0.4 is 10.1 Å². The first kappa shape index (κ1) is 15.4. The Morgan fingerprint density at radius 3 is 2.85 bits per heavy atom. The van der Waals surface area contributed by atoms with Gasteiger partial charge in [0.15, 0.2) is 5.16 Å². The van der Waals surface area contributed by atoms with Crippen LogP contribution in [-0.2, 0) is 0 Å². The SMILES string of the molecule is CCCNc1cc(OC2CCCCC2C)nc(SC)n1. The maximum Gasteiger partial charge on any atom is 0.219 e. The van der Waals surface area contributed by atoms with Gasteiger partial charge in [0.05, 0.1) is 0 Å². The largest absolute Gasteiger partial charge is 0.474 e. The number of aromatic nitrogens is 2. The van der Waals surface area contributed by atoms with Crippen molar-refractivity contribution >= 4 is 17.6 Å². The second-order valence-electron chi connectivity index (χ2n) is 5.42. The summed E-state index contributed by atoms with van der Waals surface area (Å²) in [7, 11) is 0. The van der Waals surface area contributed by atoms with Crippen molar-refractivity contribution in [2.45, 2.75) is 57.2 Å². The molecule has 2 unspecified atom stereocenters. The molecule has 0 radical (unpaired) electrons. The molecule has 0 bridgehead atoms. The number of nitrogens with zero attached hydrogens (tertiary/aromatic N) is 2. The first-order chi connectivity index (χ1) is 9.72. The monoisotopic (exact) mass is 295 g/mol. The molecule has 2 atom stereocenters. The summed E-state index contributed by atoms with van der Waals surface area (Å²) in [6.45, 7) is 5.34. The summed E-state index contributed by atoms with van der Waals surface area (Å²) in [6, 6.07) is 1.93. The van der Waals surface area contributed by atoms with E-state index in [4.69, 9.17) is 4.74 Å². The third kappa shape index (κ3) is 4.27. The summed E-state index contributed by atoms with van der Waals surface area (Å²) >= 11 is 1.55. The molecule has 1 aliphatic carbocycles. The summed E-state index contributed by atoms with van der Waals surface area (Å²) < 4.78 is 6.13. The number of hydrogen-bond acceptors (Lipinski definition) is 5. The molecule has 1 N–H and O–H groups in total. The van der Waals surface area contributed by atoms with Crippen LogP contribution in [0.5, 0.6) is 5.88 Å². The molecule has 5 heteroatoms. The van der Waals surface area contributed by atoms with E-state index in [0.29, 0.717) is 17.9 Å². The van der Waals surface area contributed by atoms with Gasteiger partial charge in [0, 0.05) is 12.6 Å². The molecular weight excluding hydrogens is 270 g/mol. The normalized spacial score (nSPS) is 22.6. The van der Waals surface area contributed by atoms with Gasteiger partial charge >= 0.3 is 0 Å². The van der Waals surface area contributed by atoms with Gasteiger partial charge in [0.2, 0.25) is 5.88 Å². The molecule has 20 heavy (non-hydrogen) atoms. The average molecular weight is 295 g/mol. The number of nitrogens with one attached hydrogen (secondary N) is 1. The molecule has 0 saturated heterocycles. The molecule has 0 amide bonds. The van der Waals surface area contributed by atoms with Crippen molar-refractivity contribution in [2.24, 2.45) is 5.92 Å². The molecule has 1 saturated carbocycles. The van der Waals surface area contributed by atoms with Gasteiger partial charge in [-0.2, -0.15) is 4.98 Å². The summed E-state index contributed by atoms with van der Waals surface area (Å²) in [5.74, 6) is 2.19. The van der Waals surface area contributed by atoms with Gasteiger partial charge in [0.25, 0.3) is 0 Å². The van der Waals surface area contributed by atoms with E-state index in [-0.39, 0.29) is 0 Å². The van der Waals surface area contributed by atoms with Crippen LogP contribution in [0.3, 0.4) is 0 Å². The third-order valence-corrected chi connectivity index (χ3v) is 4.27. The molecule has 1 aromatic rings. The van der Waals surface area contributed by atoms with Crippen molar-refractivity contribution in [3.05, 3.63) is 6.07 Å². The lowest BCUT2D eigenvalue weighted by Gasteiger charge is -2.28. The Bertz CT molecular complexity index is 428.